The minimum Gasteiger partial charge on any atom is -0.467 e. The van der Waals surface area contributed by atoms with Crippen LogP contribution >= 0.6 is 0 Å². The number of benzene rings is 1. The van der Waals surface area contributed by atoms with E-state index in [9.17, 15) is 22.8 Å². The molecular weight excluding hydrogens is 325 g/mol. The van der Waals surface area contributed by atoms with Crippen LogP contribution < -0.4 is 5.32 Å². The van der Waals surface area contributed by atoms with Crippen LogP contribution in [0.3, 0.4) is 0 Å². The number of esters is 1. The van der Waals surface area contributed by atoms with Crippen molar-refractivity contribution < 1.29 is 27.5 Å². The third-order valence-electron chi connectivity index (χ3n) is 3.40. The molecular formula is C16H17F3N2O3. The summed E-state index contributed by atoms with van der Waals surface area (Å²) in [5.41, 5.74) is -0.432. The number of amides is 1. The molecule has 2 atom stereocenters. The highest BCUT2D eigenvalue weighted by atomic mass is 19.4. The van der Waals surface area contributed by atoms with Crippen LogP contribution in [0.5, 0.6) is 0 Å². The SMILES string of the molecule is COC(=O)[C@@H](NC(=O)Cc1ccc(C(F)(F)F)cc1)[C@H](C)CC#N. The second kappa shape index (κ2) is 8.34. The predicted octanol–water partition coefficient (Wildman–Crippen LogP) is 2.46. The third-order valence-corrected chi connectivity index (χ3v) is 3.40. The Bertz CT molecular complexity index is 621. The Morgan fingerprint density at radius 2 is 1.88 bits per heavy atom. The number of carbonyl (C=O) groups excluding carboxylic acids is 2. The van der Waals surface area contributed by atoms with Gasteiger partial charge in [-0.25, -0.2) is 4.79 Å². The van der Waals surface area contributed by atoms with E-state index in [-0.39, 0.29) is 12.8 Å². The monoisotopic (exact) mass is 342 g/mol. The summed E-state index contributed by atoms with van der Waals surface area (Å²) in [7, 11) is 1.16. The smallest absolute Gasteiger partial charge is 0.416 e. The molecule has 0 heterocycles. The topological polar surface area (TPSA) is 79.2 Å². The number of rotatable bonds is 6. The number of ether oxygens (including phenoxy) is 1. The highest BCUT2D eigenvalue weighted by Crippen LogP contribution is 2.29. The molecule has 0 radical (unpaired) electrons. The van der Waals surface area contributed by atoms with Crippen LogP contribution in [0, 0.1) is 17.2 Å². The fourth-order valence-electron chi connectivity index (χ4n) is 2.04. The molecule has 0 saturated heterocycles. The quantitative estimate of drug-likeness (QED) is 0.806. The Hall–Kier alpha value is -2.56. The number of nitrogens with one attached hydrogen (secondary N) is 1. The Labute approximate surface area is 137 Å². The highest BCUT2D eigenvalue weighted by molar-refractivity contribution is 5.85. The van der Waals surface area contributed by atoms with Gasteiger partial charge in [0.25, 0.3) is 0 Å². The van der Waals surface area contributed by atoms with Crippen molar-refractivity contribution in [2.75, 3.05) is 7.11 Å². The molecule has 0 aliphatic heterocycles. The van der Waals surface area contributed by atoms with Gasteiger partial charge >= 0.3 is 12.1 Å². The first-order chi connectivity index (χ1) is 11.2. The van der Waals surface area contributed by atoms with Gasteiger partial charge in [-0.2, -0.15) is 18.4 Å². The van der Waals surface area contributed by atoms with Gasteiger partial charge in [0.15, 0.2) is 0 Å². The molecule has 1 aromatic rings. The van der Waals surface area contributed by atoms with Gasteiger partial charge in [-0.05, 0) is 17.7 Å². The van der Waals surface area contributed by atoms with Gasteiger partial charge < -0.3 is 10.1 Å². The van der Waals surface area contributed by atoms with Crippen molar-refractivity contribution in [1.82, 2.24) is 5.32 Å². The minimum absolute atomic E-state index is 0.0420. The van der Waals surface area contributed by atoms with Crippen LogP contribution in [-0.4, -0.2) is 25.0 Å². The summed E-state index contributed by atoms with van der Waals surface area (Å²) < 4.78 is 42.1. The molecule has 0 aliphatic carbocycles. The number of halogens is 3. The summed E-state index contributed by atoms with van der Waals surface area (Å²) in [4.78, 5) is 23.7. The van der Waals surface area contributed by atoms with Gasteiger partial charge in [0, 0.05) is 12.3 Å². The number of methoxy groups -OCH3 is 1. The molecule has 1 rings (SSSR count). The summed E-state index contributed by atoms with van der Waals surface area (Å²) >= 11 is 0. The first-order valence-electron chi connectivity index (χ1n) is 7.09. The molecule has 0 spiro atoms. The molecule has 0 unspecified atom stereocenters. The molecule has 1 amide bonds. The van der Waals surface area contributed by atoms with Crippen LogP contribution in [0.15, 0.2) is 24.3 Å². The Balaban J connectivity index is 2.75. The molecule has 0 bridgehead atoms. The molecule has 8 heteroatoms. The zero-order chi connectivity index (χ0) is 18.3. The summed E-state index contributed by atoms with van der Waals surface area (Å²) in [5.74, 6) is -1.69. The lowest BCUT2D eigenvalue weighted by atomic mass is 9.98. The summed E-state index contributed by atoms with van der Waals surface area (Å²) in [6, 6.07) is 5.10. The van der Waals surface area contributed by atoms with Gasteiger partial charge in [0.1, 0.15) is 6.04 Å². The molecule has 1 aromatic carbocycles. The van der Waals surface area contributed by atoms with E-state index < -0.39 is 35.6 Å². The number of carbonyl (C=O) groups is 2. The fourth-order valence-corrected chi connectivity index (χ4v) is 2.04. The van der Waals surface area contributed by atoms with Gasteiger partial charge in [0.05, 0.1) is 25.2 Å². The molecule has 0 fully saturated rings. The average Bonchev–Trinajstić information content (AvgIpc) is 2.51. The molecule has 130 valence electrons. The van der Waals surface area contributed by atoms with Crippen molar-refractivity contribution in [2.45, 2.75) is 32.0 Å². The fraction of sp³-hybridized carbons (Fsp3) is 0.438. The van der Waals surface area contributed by atoms with E-state index in [1.807, 2.05) is 6.07 Å². The van der Waals surface area contributed by atoms with Crippen LogP contribution in [0.2, 0.25) is 0 Å². The van der Waals surface area contributed by atoms with Crippen LogP contribution in [0.25, 0.3) is 0 Å². The van der Waals surface area contributed by atoms with Crippen LogP contribution in [-0.2, 0) is 26.9 Å². The van der Waals surface area contributed by atoms with E-state index in [4.69, 9.17) is 5.26 Å². The molecule has 1 N–H and O–H groups in total. The Kier molecular flexibility index (Phi) is 6.77. The van der Waals surface area contributed by atoms with E-state index in [0.29, 0.717) is 5.56 Å². The Morgan fingerprint density at radius 1 is 1.29 bits per heavy atom. The molecule has 5 nitrogen and oxygen atoms in total. The van der Waals surface area contributed by atoms with Crippen molar-refractivity contribution in [3.8, 4) is 6.07 Å². The van der Waals surface area contributed by atoms with Crippen molar-refractivity contribution in [1.29, 1.82) is 5.26 Å². The summed E-state index contributed by atoms with van der Waals surface area (Å²) in [5, 5.41) is 11.2. The number of alkyl halides is 3. The molecule has 0 saturated carbocycles. The predicted molar refractivity (Wildman–Crippen MR) is 78.5 cm³/mol. The van der Waals surface area contributed by atoms with Crippen molar-refractivity contribution in [3.05, 3.63) is 35.4 Å². The molecule has 0 aromatic heterocycles. The molecule has 24 heavy (non-hydrogen) atoms. The molecule has 0 aliphatic rings. The van der Waals surface area contributed by atoms with E-state index in [0.717, 1.165) is 19.2 Å². The lowest BCUT2D eigenvalue weighted by Crippen LogP contribution is -2.46. The largest absolute Gasteiger partial charge is 0.467 e. The first kappa shape index (κ1) is 19.5. The van der Waals surface area contributed by atoms with Crippen LogP contribution in [0.1, 0.15) is 24.5 Å². The minimum atomic E-state index is -4.44. The van der Waals surface area contributed by atoms with Gasteiger partial charge in [-0.1, -0.05) is 19.1 Å². The van der Waals surface area contributed by atoms with E-state index in [2.05, 4.69) is 10.1 Å². The lowest BCUT2D eigenvalue weighted by molar-refractivity contribution is -0.146. The second-order valence-electron chi connectivity index (χ2n) is 5.28. The highest BCUT2D eigenvalue weighted by Gasteiger charge is 2.30. The third kappa shape index (κ3) is 5.57. The maximum absolute atomic E-state index is 12.5. The summed E-state index contributed by atoms with van der Waals surface area (Å²) in [6.07, 6.45) is -4.59. The Morgan fingerprint density at radius 3 is 2.33 bits per heavy atom. The van der Waals surface area contributed by atoms with Gasteiger partial charge in [-0.3, -0.25) is 4.79 Å². The van der Waals surface area contributed by atoms with Crippen LogP contribution in [0.4, 0.5) is 13.2 Å². The van der Waals surface area contributed by atoms with E-state index >= 15 is 0 Å². The van der Waals surface area contributed by atoms with Gasteiger partial charge in [0.2, 0.25) is 5.91 Å². The maximum Gasteiger partial charge on any atom is 0.416 e. The zero-order valence-electron chi connectivity index (χ0n) is 13.2. The second-order valence-corrected chi connectivity index (χ2v) is 5.28. The number of hydrogen-bond donors (Lipinski definition) is 1. The van der Waals surface area contributed by atoms with Crippen molar-refractivity contribution in [2.24, 2.45) is 5.92 Å². The van der Waals surface area contributed by atoms with Crippen molar-refractivity contribution in [3.63, 3.8) is 0 Å². The van der Waals surface area contributed by atoms with E-state index in [1.54, 1.807) is 6.92 Å². The van der Waals surface area contributed by atoms with Crippen molar-refractivity contribution >= 4 is 11.9 Å². The van der Waals surface area contributed by atoms with Gasteiger partial charge in [-0.15, -0.1) is 0 Å². The zero-order valence-corrected chi connectivity index (χ0v) is 13.2. The first-order valence-corrected chi connectivity index (χ1v) is 7.09. The lowest BCUT2D eigenvalue weighted by Gasteiger charge is -2.21. The number of nitriles is 1. The average molecular weight is 342 g/mol. The standard InChI is InChI=1S/C16H17F3N2O3/c1-10(7-8-20)14(15(23)24-2)21-13(22)9-11-3-5-12(6-4-11)16(17,18)19/h3-6,10,14H,7,9H2,1-2H3,(H,21,22)/t10-,14+/m1/s1. The maximum atomic E-state index is 12.5. The van der Waals surface area contributed by atoms with E-state index in [1.165, 1.54) is 12.1 Å². The normalized spacial score (nSPS) is 13.5. The number of nitrogens with zero attached hydrogens (tertiary/aromatic N) is 1. The number of hydrogen-bond acceptors (Lipinski definition) is 4. The summed E-state index contributed by atoms with van der Waals surface area (Å²) in [6.45, 7) is 1.61.